The van der Waals surface area contributed by atoms with Crippen LogP contribution in [0.2, 0.25) is 0 Å². The lowest BCUT2D eigenvalue weighted by Gasteiger charge is -2.25. The molecule has 0 heterocycles. The molecule has 0 bridgehead atoms. The maximum absolute atomic E-state index is 12.7. The summed E-state index contributed by atoms with van der Waals surface area (Å²) in [6.45, 7) is 7.01. The summed E-state index contributed by atoms with van der Waals surface area (Å²) in [6.07, 6.45) is 1.93. The van der Waals surface area contributed by atoms with E-state index in [1.165, 1.54) is 17.5 Å². The monoisotopic (exact) mass is 314 g/mol. The number of methoxy groups -OCH3 is 1. The van der Waals surface area contributed by atoms with Gasteiger partial charge < -0.3 is 10.5 Å². The van der Waals surface area contributed by atoms with Gasteiger partial charge in [-0.25, -0.2) is 8.42 Å². The van der Waals surface area contributed by atoms with E-state index >= 15 is 0 Å². The van der Waals surface area contributed by atoms with E-state index in [-0.39, 0.29) is 4.90 Å². The van der Waals surface area contributed by atoms with Crippen LogP contribution in [0.25, 0.3) is 0 Å². The molecule has 0 radical (unpaired) electrons. The van der Waals surface area contributed by atoms with Crippen molar-refractivity contribution in [3.63, 3.8) is 0 Å². The van der Waals surface area contributed by atoms with Gasteiger partial charge in [0, 0.05) is 13.1 Å². The first kappa shape index (κ1) is 17.8. The molecule has 2 N–H and O–H groups in total. The van der Waals surface area contributed by atoms with E-state index in [1.54, 1.807) is 12.1 Å². The van der Waals surface area contributed by atoms with Gasteiger partial charge in [-0.15, -0.1) is 0 Å². The van der Waals surface area contributed by atoms with E-state index in [2.05, 4.69) is 13.8 Å². The molecule has 0 unspecified atom stereocenters. The molecule has 0 aromatic heterocycles. The van der Waals surface area contributed by atoms with E-state index in [9.17, 15) is 8.42 Å². The molecule has 1 aromatic carbocycles. The molecular weight excluding hydrogens is 288 g/mol. The van der Waals surface area contributed by atoms with Gasteiger partial charge in [0.05, 0.1) is 17.7 Å². The van der Waals surface area contributed by atoms with Gasteiger partial charge in [-0.1, -0.05) is 33.6 Å². The third-order valence-electron chi connectivity index (χ3n) is 3.81. The summed E-state index contributed by atoms with van der Waals surface area (Å²) >= 11 is 0. The lowest BCUT2D eigenvalue weighted by Crippen LogP contribution is -2.35. The van der Waals surface area contributed by atoms with Crippen LogP contribution < -0.4 is 10.5 Å². The average Bonchev–Trinajstić information content (AvgIpc) is 2.48. The van der Waals surface area contributed by atoms with E-state index in [0.29, 0.717) is 30.4 Å². The Morgan fingerprint density at radius 3 is 2.29 bits per heavy atom. The van der Waals surface area contributed by atoms with Gasteiger partial charge in [-0.3, -0.25) is 0 Å². The van der Waals surface area contributed by atoms with Crippen molar-refractivity contribution in [2.24, 2.45) is 5.92 Å². The lowest BCUT2D eigenvalue weighted by molar-refractivity contribution is 0.339. The van der Waals surface area contributed by atoms with Crippen LogP contribution in [-0.2, 0) is 10.0 Å². The second-order valence-corrected chi connectivity index (χ2v) is 6.98. The van der Waals surface area contributed by atoms with Crippen molar-refractivity contribution in [2.75, 3.05) is 25.9 Å². The van der Waals surface area contributed by atoms with Crippen molar-refractivity contribution in [3.8, 4) is 5.75 Å². The Labute approximate surface area is 128 Å². The second-order valence-electron chi connectivity index (χ2n) is 5.04. The van der Waals surface area contributed by atoms with Crippen LogP contribution in [-0.4, -0.2) is 32.9 Å². The molecule has 5 nitrogen and oxygen atoms in total. The molecule has 0 saturated heterocycles. The highest BCUT2D eigenvalue weighted by molar-refractivity contribution is 7.89. The first-order valence-electron chi connectivity index (χ1n) is 7.34. The zero-order valence-electron chi connectivity index (χ0n) is 13.3. The fraction of sp³-hybridized carbons (Fsp3) is 0.600. The van der Waals surface area contributed by atoms with Crippen molar-refractivity contribution >= 4 is 15.7 Å². The SMILES string of the molecule is CCC(CC)CN(CC)S(=O)(=O)c1ccc(OC)c(N)c1. The number of hydrogen-bond acceptors (Lipinski definition) is 4. The normalized spacial score (nSPS) is 12.1. The van der Waals surface area contributed by atoms with Crippen LogP contribution in [0.4, 0.5) is 5.69 Å². The minimum Gasteiger partial charge on any atom is -0.495 e. The van der Waals surface area contributed by atoms with Crippen molar-refractivity contribution in [3.05, 3.63) is 18.2 Å². The predicted octanol–water partition coefficient (Wildman–Crippen LogP) is 2.72. The number of hydrogen-bond donors (Lipinski definition) is 1. The minimum absolute atomic E-state index is 0.216. The Bertz CT molecular complexity index is 554. The highest BCUT2D eigenvalue weighted by Crippen LogP contribution is 2.27. The number of nitrogens with two attached hydrogens (primary N) is 1. The molecule has 21 heavy (non-hydrogen) atoms. The number of anilines is 1. The van der Waals surface area contributed by atoms with Gasteiger partial charge in [-0.2, -0.15) is 4.31 Å². The third-order valence-corrected chi connectivity index (χ3v) is 5.74. The number of benzene rings is 1. The van der Waals surface area contributed by atoms with E-state index in [0.717, 1.165) is 12.8 Å². The smallest absolute Gasteiger partial charge is 0.243 e. The summed E-state index contributed by atoms with van der Waals surface area (Å²) in [7, 11) is -2.01. The fourth-order valence-electron chi connectivity index (χ4n) is 2.25. The predicted molar refractivity (Wildman–Crippen MR) is 85.9 cm³/mol. The topological polar surface area (TPSA) is 72.6 Å². The molecule has 0 aliphatic carbocycles. The number of nitrogens with zero attached hydrogens (tertiary/aromatic N) is 1. The van der Waals surface area contributed by atoms with Crippen molar-refractivity contribution in [2.45, 2.75) is 38.5 Å². The summed E-state index contributed by atoms with van der Waals surface area (Å²) in [5.74, 6) is 0.854. The van der Waals surface area contributed by atoms with Gasteiger partial charge >= 0.3 is 0 Å². The minimum atomic E-state index is -3.52. The second kappa shape index (κ2) is 7.66. The Morgan fingerprint density at radius 2 is 1.86 bits per heavy atom. The molecule has 0 fully saturated rings. The standard InChI is InChI=1S/C15H26N2O3S/c1-5-12(6-2)11-17(7-3)21(18,19)13-8-9-15(20-4)14(16)10-13/h8-10,12H,5-7,11,16H2,1-4H3. The maximum atomic E-state index is 12.7. The number of nitrogen functional groups attached to an aromatic ring is 1. The quantitative estimate of drug-likeness (QED) is 0.749. The third kappa shape index (κ3) is 4.11. The van der Waals surface area contributed by atoms with Crippen LogP contribution in [0.3, 0.4) is 0 Å². The van der Waals surface area contributed by atoms with Crippen molar-refractivity contribution in [1.29, 1.82) is 0 Å². The Balaban J connectivity index is 3.09. The molecule has 1 rings (SSSR count). The molecule has 1 aromatic rings. The Kier molecular flexibility index (Phi) is 6.48. The first-order valence-corrected chi connectivity index (χ1v) is 8.78. The van der Waals surface area contributed by atoms with Crippen molar-refractivity contribution < 1.29 is 13.2 Å². The number of sulfonamides is 1. The number of rotatable bonds is 8. The summed E-state index contributed by atoms with van der Waals surface area (Å²) in [4.78, 5) is 0.216. The maximum Gasteiger partial charge on any atom is 0.243 e. The highest BCUT2D eigenvalue weighted by atomic mass is 32.2. The van der Waals surface area contributed by atoms with Gasteiger partial charge in [0.2, 0.25) is 10.0 Å². The summed E-state index contributed by atoms with van der Waals surface area (Å²) in [6, 6.07) is 4.59. The van der Waals surface area contributed by atoms with Crippen LogP contribution in [0.1, 0.15) is 33.6 Å². The van der Waals surface area contributed by atoms with Gasteiger partial charge in [0.1, 0.15) is 5.75 Å². The molecule has 0 atom stereocenters. The average molecular weight is 314 g/mol. The van der Waals surface area contributed by atoms with Gasteiger partial charge in [-0.05, 0) is 24.1 Å². The fourth-order valence-corrected chi connectivity index (χ4v) is 3.82. The molecule has 6 heteroatoms. The molecule has 0 spiro atoms. The van der Waals surface area contributed by atoms with E-state index in [4.69, 9.17) is 10.5 Å². The first-order chi connectivity index (χ1) is 9.90. The van der Waals surface area contributed by atoms with E-state index < -0.39 is 10.0 Å². The van der Waals surface area contributed by atoms with Gasteiger partial charge in [0.15, 0.2) is 0 Å². The number of ether oxygens (including phenoxy) is 1. The Hall–Kier alpha value is -1.27. The van der Waals surface area contributed by atoms with E-state index in [1.807, 2.05) is 6.92 Å². The largest absolute Gasteiger partial charge is 0.495 e. The summed E-state index contributed by atoms with van der Waals surface area (Å²) < 4.78 is 32.0. The summed E-state index contributed by atoms with van der Waals surface area (Å²) in [5, 5.41) is 0. The highest BCUT2D eigenvalue weighted by Gasteiger charge is 2.25. The molecule has 0 aliphatic heterocycles. The summed E-state index contributed by atoms with van der Waals surface area (Å²) in [5.41, 5.74) is 6.15. The zero-order chi connectivity index (χ0) is 16.0. The van der Waals surface area contributed by atoms with Crippen molar-refractivity contribution in [1.82, 2.24) is 4.31 Å². The zero-order valence-corrected chi connectivity index (χ0v) is 14.1. The molecule has 120 valence electrons. The molecule has 0 saturated carbocycles. The van der Waals surface area contributed by atoms with Gasteiger partial charge in [0.25, 0.3) is 0 Å². The molecular formula is C15H26N2O3S. The van der Waals surface area contributed by atoms with Crippen LogP contribution in [0.15, 0.2) is 23.1 Å². The lowest BCUT2D eigenvalue weighted by atomic mass is 10.0. The molecule has 0 aliphatic rings. The van der Waals surface area contributed by atoms with Crippen LogP contribution in [0, 0.1) is 5.92 Å². The Morgan fingerprint density at radius 1 is 1.24 bits per heavy atom. The molecule has 0 amide bonds. The van der Waals surface area contributed by atoms with Crippen LogP contribution >= 0.6 is 0 Å². The van der Waals surface area contributed by atoms with Crippen LogP contribution in [0.5, 0.6) is 5.75 Å².